The van der Waals surface area contributed by atoms with Crippen LogP contribution in [-0.2, 0) is 4.74 Å². The molecule has 4 N–H and O–H groups in total. The van der Waals surface area contributed by atoms with Crippen molar-refractivity contribution in [2.75, 3.05) is 18.9 Å². The fourth-order valence-corrected chi connectivity index (χ4v) is 1.37. The molecule has 0 aromatic heterocycles. The maximum absolute atomic E-state index is 11.2. The zero-order valence-electron chi connectivity index (χ0n) is 10.1. The van der Waals surface area contributed by atoms with E-state index in [-0.39, 0.29) is 6.10 Å². The minimum absolute atomic E-state index is 0.171. The maximum Gasteiger partial charge on any atom is 0.252 e. The van der Waals surface area contributed by atoms with Crippen molar-refractivity contribution in [1.29, 1.82) is 0 Å². The molecule has 1 unspecified atom stereocenters. The summed E-state index contributed by atoms with van der Waals surface area (Å²) < 4.78 is 10.8. The van der Waals surface area contributed by atoms with E-state index in [2.05, 4.69) is 0 Å². The first kappa shape index (κ1) is 13.3. The van der Waals surface area contributed by atoms with Crippen LogP contribution in [0.2, 0.25) is 0 Å². The lowest BCUT2D eigenvalue weighted by Crippen LogP contribution is -2.21. The number of hydrogen-bond acceptors (Lipinski definition) is 4. The van der Waals surface area contributed by atoms with E-state index in [9.17, 15) is 4.79 Å². The molecule has 1 aromatic rings. The molecule has 0 radical (unpaired) electrons. The Labute approximate surface area is 101 Å². The van der Waals surface area contributed by atoms with Crippen LogP contribution in [-0.4, -0.2) is 25.2 Å². The van der Waals surface area contributed by atoms with E-state index in [0.717, 1.165) is 0 Å². The highest BCUT2D eigenvalue weighted by atomic mass is 16.5. The number of amides is 1. The molecule has 0 aliphatic heterocycles. The van der Waals surface area contributed by atoms with Crippen LogP contribution in [0.1, 0.15) is 24.2 Å². The van der Waals surface area contributed by atoms with E-state index in [1.165, 1.54) is 0 Å². The summed E-state index contributed by atoms with van der Waals surface area (Å²) in [5.74, 6) is -0.145. The minimum Gasteiger partial charge on any atom is -0.487 e. The second-order valence-electron chi connectivity index (χ2n) is 3.71. The summed E-state index contributed by atoms with van der Waals surface area (Å²) in [7, 11) is 0. The summed E-state index contributed by atoms with van der Waals surface area (Å²) in [4.78, 5) is 11.2. The first-order valence-corrected chi connectivity index (χ1v) is 5.48. The Kier molecular flexibility index (Phi) is 4.78. The monoisotopic (exact) mass is 238 g/mol. The number of primary amides is 1. The zero-order chi connectivity index (χ0) is 12.8. The summed E-state index contributed by atoms with van der Waals surface area (Å²) >= 11 is 0. The van der Waals surface area contributed by atoms with Crippen molar-refractivity contribution < 1.29 is 14.3 Å². The highest BCUT2D eigenvalue weighted by Gasteiger charge is 2.12. The molecule has 5 heteroatoms. The molecule has 0 saturated carbocycles. The predicted octanol–water partition coefficient (Wildman–Crippen LogP) is 1.17. The Morgan fingerprint density at radius 1 is 1.47 bits per heavy atom. The Bertz CT molecular complexity index is 393. The molecule has 1 aromatic carbocycles. The summed E-state index contributed by atoms with van der Waals surface area (Å²) in [5, 5.41) is 0. The van der Waals surface area contributed by atoms with Crippen LogP contribution in [0, 0.1) is 0 Å². The Balaban J connectivity index is 2.81. The number of hydrogen-bond donors (Lipinski definition) is 2. The molecule has 94 valence electrons. The molecule has 5 nitrogen and oxygen atoms in total. The smallest absolute Gasteiger partial charge is 0.252 e. The van der Waals surface area contributed by atoms with Crippen LogP contribution >= 0.6 is 0 Å². The predicted molar refractivity (Wildman–Crippen MR) is 66.0 cm³/mol. The first-order chi connectivity index (χ1) is 8.04. The highest BCUT2D eigenvalue weighted by Crippen LogP contribution is 2.22. The van der Waals surface area contributed by atoms with Crippen LogP contribution < -0.4 is 16.2 Å². The molecule has 17 heavy (non-hydrogen) atoms. The van der Waals surface area contributed by atoms with Gasteiger partial charge in [-0.2, -0.15) is 0 Å². The van der Waals surface area contributed by atoms with Gasteiger partial charge in [0.2, 0.25) is 0 Å². The molecule has 0 fully saturated rings. The Hall–Kier alpha value is -1.75. The molecule has 0 aliphatic rings. The lowest BCUT2D eigenvalue weighted by atomic mass is 10.1. The van der Waals surface area contributed by atoms with Gasteiger partial charge in [0.15, 0.2) is 0 Å². The van der Waals surface area contributed by atoms with Gasteiger partial charge in [-0.1, -0.05) is 0 Å². The van der Waals surface area contributed by atoms with Crippen molar-refractivity contribution in [3.8, 4) is 5.75 Å². The SMILES string of the molecule is CCOCC(C)Oc1cc(N)ccc1C(N)=O. The fraction of sp³-hybridized carbons (Fsp3) is 0.417. The molecule has 0 bridgehead atoms. The average Bonchev–Trinajstić information content (AvgIpc) is 2.26. The van der Waals surface area contributed by atoms with Gasteiger partial charge in [0.05, 0.1) is 12.2 Å². The number of nitrogen functional groups attached to an aromatic ring is 1. The third-order valence-corrected chi connectivity index (χ3v) is 2.16. The van der Waals surface area contributed by atoms with Gasteiger partial charge in [0.1, 0.15) is 11.9 Å². The largest absolute Gasteiger partial charge is 0.487 e. The number of ether oxygens (including phenoxy) is 2. The standard InChI is InChI=1S/C12H18N2O3/c1-3-16-7-8(2)17-11-6-9(13)4-5-10(11)12(14)15/h4-6,8H,3,7,13H2,1-2H3,(H2,14,15). The number of anilines is 1. The van der Waals surface area contributed by atoms with Crippen LogP contribution in [0.5, 0.6) is 5.75 Å². The number of rotatable bonds is 6. The lowest BCUT2D eigenvalue weighted by molar-refractivity contribution is 0.0648. The first-order valence-electron chi connectivity index (χ1n) is 5.48. The van der Waals surface area contributed by atoms with E-state index in [1.54, 1.807) is 18.2 Å². The normalized spacial score (nSPS) is 12.1. The topological polar surface area (TPSA) is 87.6 Å². The van der Waals surface area contributed by atoms with Gasteiger partial charge in [-0.05, 0) is 26.0 Å². The number of carbonyl (C=O) groups is 1. The van der Waals surface area contributed by atoms with Gasteiger partial charge in [-0.3, -0.25) is 4.79 Å². The van der Waals surface area contributed by atoms with Gasteiger partial charge >= 0.3 is 0 Å². The second kappa shape index (κ2) is 6.10. The summed E-state index contributed by atoms with van der Waals surface area (Å²) in [6, 6.07) is 4.75. The molecule has 0 aliphatic carbocycles. The fourth-order valence-electron chi connectivity index (χ4n) is 1.37. The number of benzene rings is 1. The molecule has 0 spiro atoms. The van der Waals surface area contributed by atoms with Crippen LogP contribution in [0.25, 0.3) is 0 Å². The Morgan fingerprint density at radius 3 is 2.76 bits per heavy atom. The average molecular weight is 238 g/mol. The van der Waals surface area contributed by atoms with Gasteiger partial charge in [0, 0.05) is 18.4 Å². The molecule has 1 atom stereocenters. The molecule has 0 heterocycles. The van der Waals surface area contributed by atoms with Crippen molar-refractivity contribution in [2.24, 2.45) is 5.73 Å². The van der Waals surface area contributed by atoms with E-state index in [1.807, 2.05) is 13.8 Å². The van der Waals surface area contributed by atoms with Gasteiger partial charge in [-0.15, -0.1) is 0 Å². The van der Waals surface area contributed by atoms with Gasteiger partial charge in [-0.25, -0.2) is 0 Å². The third-order valence-electron chi connectivity index (χ3n) is 2.16. The lowest BCUT2D eigenvalue weighted by Gasteiger charge is -2.16. The second-order valence-corrected chi connectivity index (χ2v) is 3.71. The number of carbonyl (C=O) groups excluding carboxylic acids is 1. The summed E-state index contributed by atoms with van der Waals surface area (Å²) in [5.41, 5.74) is 11.7. The minimum atomic E-state index is -0.538. The molecular formula is C12H18N2O3. The third kappa shape index (κ3) is 3.96. The van der Waals surface area contributed by atoms with E-state index >= 15 is 0 Å². The van der Waals surface area contributed by atoms with Gasteiger partial charge < -0.3 is 20.9 Å². The molecule has 0 saturated heterocycles. The van der Waals surface area contributed by atoms with Crippen LogP contribution in [0.3, 0.4) is 0 Å². The van der Waals surface area contributed by atoms with E-state index < -0.39 is 5.91 Å². The van der Waals surface area contributed by atoms with Crippen molar-refractivity contribution in [1.82, 2.24) is 0 Å². The van der Waals surface area contributed by atoms with Crippen molar-refractivity contribution in [2.45, 2.75) is 20.0 Å². The molecule has 1 rings (SSSR count). The van der Waals surface area contributed by atoms with E-state index in [4.69, 9.17) is 20.9 Å². The van der Waals surface area contributed by atoms with Crippen molar-refractivity contribution in [3.63, 3.8) is 0 Å². The highest BCUT2D eigenvalue weighted by molar-refractivity contribution is 5.96. The van der Waals surface area contributed by atoms with E-state index in [0.29, 0.717) is 30.2 Å². The number of nitrogens with two attached hydrogens (primary N) is 2. The quantitative estimate of drug-likeness (QED) is 0.728. The van der Waals surface area contributed by atoms with Crippen molar-refractivity contribution >= 4 is 11.6 Å². The zero-order valence-corrected chi connectivity index (χ0v) is 10.1. The van der Waals surface area contributed by atoms with Crippen molar-refractivity contribution in [3.05, 3.63) is 23.8 Å². The van der Waals surface area contributed by atoms with Gasteiger partial charge in [0.25, 0.3) is 5.91 Å². The maximum atomic E-state index is 11.2. The Morgan fingerprint density at radius 2 is 2.18 bits per heavy atom. The van der Waals surface area contributed by atoms with Crippen LogP contribution in [0.15, 0.2) is 18.2 Å². The molecule has 1 amide bonds. The summed E-state index contributed by atoms with van der Waals surface area (Å²) in [6.45, 7) is 4.82. The molecular weight excluding hydrogens is 220 g/mol. The summed E-state index contributed by atoms with van der Waals surface area (Å²) in [6.07, 6.45) is -0.171. The van der Waals surface area contributed by atoms with Crippen LogP contribution in [0.4, 0.5) is 5.69 Å².